The van der Waals surface area contributed by atoms with Gasteiger partial charge in [0, 0.05) is 57.5 Å². The molecule has 0 atom stereocenters. The molecule has 1 aliphatic rings. The number of nitrogens with zero attached hydrogens (tertiary/aromatic N) is 4. The monoisotopic (exact) mass is 397 g/mol. The van der Waals surface area contributed by atoms with E-state index >= 15 is 0 Å². The summed E-state index contributed by atoms with van der Waals surface area (Å²) in [6, 6.07) is 5.16. The van der Waals surface area contributed by atoms with Crippen LogP contribution in [0.15, 0.2) is 43.0 Å². The molecule has 9 nitrogen and oxygen atoms in total. The van der Waals surface area contributed by atoms with Crippen molar-refractivity contribution >= 4 is 17.9 Å². The molecule has 29 heavy (non-hydrogen) atoms. The molecule has 152 valence electrons. The number of amides is 3. The van der Waals surface area contributed by atoms with Crippen molar-refractivity contribution in [3.05, 3.63) is 59.7 Å². The van der Waals surface area contributed by atoms with Gasteiger partial charge in [0.25, 0.3) is 11.8 Å². The molecule has 0 aliphatic carbocycles. The highest BCUT2D eigenvalue weighted by atomic mass is 16.6. The maximum Gasteiger partial charge on any atom is 0.409 e. The third-order valence-corrected chi connectivity index (χ3v) is 4.54. The number of aromatic nitrogens is 2. The van der Waals surface area contributed by atoms with Gasteiger partial charge < -0.3 is 19.9 Å². The third kappa shape index (κ3) is 5.28. The fraction of sp³-hybridized carbons (Fsp3) is 0.350. The van der Waals surface area contributed by atoms with Gasteiger partial charge in [-0.15, -0.1) is 0 Å². The van der Waals surface area contributed by atoms with Gasteiger partial charge in [-0.3, -0.25) is 19.6 Å². The molecular weight excluding hydrogens is 374 g/mol. The Labute approximate surface area is 168 Å². The first-order valence-electron chi connectivity index (χ1n) is 9.41. The molecule has 0 unspecified atom stereocenters. The number of ether oxygens (including phenoxy) is 1. The van der Waals surface area contributed by atoms with Crippen LogP contribution < -0.4 is 5.32 Å². The number of nitrogens with one attached hydrogen (secondary N) is 1. The first kappa shape index (κ1) is 20.2. The maximum atomic E-state index is 12.8. The van der Waals surface area contributed by atoms with Crippen LogP contribution >= 0.6 is 0 Å². The van der Waals surface area contributed by atoms with Crippen molar-refractivity contribution in [1.29, 1.82) is 0 Å². The Bertz CT molecular complexity index is 866. The summed E-state index contributed by atoms with van der Waals surface area (Å²) in [7, 11) is 0. The Morgan fingerprint density at radius 2 is 1.66 bits per heavy atom. The van der Waals surface area contributed by atoms with Crippen molar-refractivity contribution in [2.24, 2.45) is 0 Å². The lowest BCUT2D eigenvalue weighted by molar-refractivity contribution is 0.0570. The van der Waals surface area contributed by atoms with E-state index in [-0.39, 0.29) is 17.9 Å². The van der Waals surface area contributed by atoms with Gasteiger partial charge in [-0.1, -0.05) is 0 Å². The van der Waals surface area contributed by atoms with Crippen molar-refractivity contribution in [1.82, 2.24) is 25.1 Å². The number of carbonyl (C=O) groups excluding carboxylic acids is 3. The predicted molar refractivity (Wildman–Crippen MR) is 104 cm³/mol. The number of carbonyl (C=O) groups is 3. The molecule has 1 saturated heterocycles. The molecule has 3 rings (SSSR count). The van der Waals surface area contributed by atoms with E-state index in [2.05, 4.69) is 15.3 Å². The number of hydrogen-bond acceptors (Lipinski definition) is 6. The van der Waals surface area contributed by atoms with Crippen LogP contribution in [0.5, 0.6) is 0 Å². The molecule has 2 aromatic rings. The second-order valence-electron chi connectivity index (χ2n) is 6.48. The van der Waals surface area contributed by atoms with Crippen LogP contribution in [-0.4, -0.2) is 70.5 Å². The van der Waals surface area contributed by atoms with Gasteiger partial charge in [-0.05, 0) is 30.7 Å². The highest BCUT2D eigenvalue weighted by molar-refractivity contribution is 5.99. The van der Waals surface area contributed by atoms with Gasteiger partial charge in [0.1, 0.15) is 0 Å². The fourth-order valence-electron chi connectivity index (χ4n) is 2.96. The van der Waals surface area contributed by atoms with Crippen molar-refractivity contribution in [2.45, 2.75) is 13.5 Å². The minimum atomic E-state index is -0.367. The van der Waals surface area contributed by atoms with Gasteiger partial charge in [-0.25, -0.2) is 4.79 Å². The Kier molecular flexibility index (Phi) is 6.72. The maximum absolute atomic E-state index is 12.8. The van der Waals surface area contributed by atoms with Crippen molar-refractivity contribution in [2.75, 3.05) is 32.8 Å². The zero-order valence-corrected chi connectivity index (χ0v) is 16.2. The average Bonchev–Trinajstić information content (AvgIpc) is 2.78. The topological polar surface area (TPSA) is 105 Å². The van der Waals surface area contributed by atoms with Gasteiger partial charge in [0.2, 0.25) is 0 Å². The molecule has 0 saturated carbocycles. The summed E-state index contributed by atoms with van der Waals surface area (Å²) in [6.07, 6.45) is 5.82. The van der Waals surface area contributed by atoms with E-state index in [1.54, 1.807) is 29.1 Å². The summed E-state index contributed by atoms with van der Waals surface area (Å²) >= 11 is 0. The molecule has 1 fully saturated rings. The summed E-state index contributed by atoms with van der Waals surface area (Å²) < 4.78 is 4.98. The quantitative estimate of drug-likeness (QED) is 0.816. The van der Waals surface area contributed by atoms with Gasteiger partial charge in [0.15, 0.2) is 0 Å². The lowest BCUT2D eigenvalue weighted by Gasteiger charge is -2.34. The van der Waals surface area contributed by atoms with Crippen molar-refractivity contribution < 1.29 is 19.1 Å². The third-order valence-electron chi connectivity index (χ3n) is 4.54. The second kappa shape index (κ2) is 9.63. The van der Waals surface area contributed by atoms with E-state index in [1.165, 1.54) is 18.5 Å². The molecule has 9 heteroatoms. The molecule has 1 aliphatic heterocycles. The van der Waals surface area contributed by atoms with Gasteiger partial charge in [-0.2, -0.15) is 0 Å². The highest BCUT2D eigenvalue weighted by Gasteiger charge is 2.26. The summed E-state index contributed by atoms with van der Waals surface area (Å²) in [6.45, 7) is 4.04. The molecule has 1 N–H and O–H groups in total. The van der Waals surface area contributed by atoms with Gasteiger partial charge in [0.05, 0.1) is 17.7 Å². The Balaban J connectivity index is 1.58. The van der Waals surface area contributed by atoms with Crippen LogP contribution in [0.25, 0.3) is 0 Å². The second-order valence-corrected chi connectivity index (χ2v) is 6.48. The smallest absolute Gasteiger partial charge is 0.409 e. The summed E-state index contributed by atoms with van der Waals surface area (Å²) in [5.41, 5.74) is 1.58. The highest BCUT2D eigenvalue weighted by Crippen LogP contribution is 2.11. The minimum absolute atomic E-state index is 0.218. The molecule has 3 heterocycles. The van der Waals surface area contributed by atoms with Crippen molar-refractivity contribution in [3.63, 3.8) is 0 Å². The fourth-order valence-corrected chi connectivity index (χ4v) is 2.96. The summed E-state index contributed by atoms with van der Waals surface area (Å²) in [5.74, 6) is -0.527. The zero-order valence-electron chi connectivity index (χ0n) is 16.2. The SMILES string of the molecule is CCOC(=O)N1CCN(C(=O)c2cncc(C(=O)NCc3ccncc3)c2)CC1. The Morgan fingerprint density at radius 1 is 1.00 bits per heavy atom. The van der Waals surface area contributed by atoms with E-state index in [0.29, 0.717) is 50.5 Å². The molecule has 0 aromatic carbocycles. The summed E-state index contributed by atoms with van der Waals surface area (Å²) in [5, 5.41) is 2.80. The molecular formula is C20H23N5O4. The van der Waals surface area contributed by atoms with Crippen molar-refractivity contribution in [3.8, 4) is 0 Å². The number of pyridine rings is 2. The lowest BCUT2D eigenvalue weighted by atomic mass is 10.1. The van der Waals surface area contributed by atoms with Crippen LogP contribution in [0.1, 0.15) is 33.2 Å². The van der Waals surface area contributed by atoms with Crippen LogP contribution in [0.4, 0.5) is 4.79 Å². The Morgan fingerprint density at radius 3 is 2.34 bits per heavy atom. The van der Waals surface area contributed by atoms with Crippen LogP contribution in [0.2, 0.25) is 0 Å². The standard InChI is InChI=1S/C20H23N5O4/c1-2-29-20(28)25-9-7-24(8-10-25)19(27)17-11-16(13-22-14-17)18(26)23-12-15-3-5-21-6-4-15/h3-6,11,13-14H,2,7-10,12H2,1H3,(H,23,26). The molecule has 2 aromatic heterocycles. The van der Waals surface area contributed by atoms with E-state index in [0.717, 1.165) is 5.56 Å². The molecule has 3 amide bonds. The van der Waals surface area contributed by atoms with Crippen LogP contribution in [-0.2, 0) is 11.3 Å². The number of piperazine rings is 1. The van der Waals surface area contributed by atoms with Gasteiger partial charge >= 0.3 is 6.09 Å². The first-order chi connectivity index (χ1) is 14.1. The van der Waals surface area contributed by atoms with E-state index in [9.17, 15) is 14.4 Å². The van der Waals surface area contributed by atoms with Crippen LogP contribution in [0.3, 0.4) is 0 Å². The van der Waals surface area contributed by atoms with Crippen LogP contribution in [0, 0.1) is 0 Å². The molecule has 0 radical (unpaired) electrons. The predicted octanol–water partition coefficient (Wildman–Crippen LogP) is 1.32. The summed E-state index contributed by atoms with van der Waals surface area (Å²) in [4.78, 5) is 48.1. The molecule has 0 spiro atoms. The lowest BCUT2D eigenvalue weighted by Crippen LogP contribution is -2.50. The molecule has 0 bridgehead atoms. The zero-order chi connectivity index (χ0) is 20.6. The minimum Gasteiger partial charge on any atom is -0.450 e. The van der Waals surface area contributed by atoms with E-state index < -0.39 is 0 Å². The average molecular weight is 397 g/mol. The number of hydrogen-bond donors (Lipinski definition) is 1. The van der Waals surface area contributed by atoms with E-state index in [1.807, 2.05) is 12.1 Å². The normalized spacial score (nSPS) is 13.7. The number of rotatable bonds is 5. The Hall–Kier alpha value is -3.49. The first-order valence-corrected chi connectivity index (χ1v) is 9.41. The van der Waals surface area contributed by atoms with E-state index in [4.69, 9.17) is 4.74 Å². The largest absolute Gasteiger partial charge is 0.450 e.